The highest BCUT2D eigenvalue weighted by Crippen LogP contribution is 2.24. The van der Waals surface area contributed by atoms with Gasteiger partial charge in [-0.15, -0.1) is 0 Å². The molecule has 29 heavy (non-hydrogen) atoms. The molecule has 158 valence electrons. The van der Waals surface area contributed by atoms with E-state index in [1.807, 2.05) is 0 Å². The molecule has 1 atom stereocenters. The molecule has 2 rings (SSSR count). The van der Waals surface area contributed by atoms with E-state index in [2.05, 4.69) is 0 Å². The normalized spacial score (nSPS) is 16.4. The molecular formula is C20H24Cl2N2O5. The summed E-state index contributed by atoms with van der Waals surface area (Å²) in [7, 11) is 1.58. The van der Waals surface area contributed by atoms with E-state index < -0.39 is 29.5 Å². The van der Waals surface area contributed by atoms with Gasteiger partial charge in [-0.05, 0) is 30.5 Å². The number of amides is 2. The predicted molar refractivity (Wildman–Crippen MR) is 109 cm³/mol. The summed E-state index contributed by atoms with van der Waals surface area (Å²) in [6, 6.07) is 5.04. The Morgan fingerprint density at radius 3 is 2.48 bits per heavy atom. The lowest BCUT2D eigenvalue weighted by Crippen LogP contribution is -2.36. The Morgan fingerprint density at radius 1 is 1.14 bits per heavy atom. The van der Waals surface area contributed by atoms with E-state index >= 15 is 0 Å². The van der Waals surface area contributed by atoms with Crippen molar-refractivity contribution in [1.29, 1.82) is 0 Å². The molecule has 0 spiro atoms. The summed E-state index contributed by atoms with van der Waals surface area (Å²) in [4.78, 5) is 50.5. The fourth-order valence-corrected chi connectivity index (χ4v) is 3.58. The van der Waals surface area contributed by atoms with Gasteiger partial charge in [0.15, 0.2) is 0 Å². The van der Waals surface area contributed by atoms with E-state index in [0.29, 0.717) is 29.4 Å². The van der Waals surface area contributed by atoms with Crippen LogP contribution in [0.5, 0.6) is 0 Å². The summed E-state index contributed by atoms with van der Waals surface area (Å²) < 4.78 is 0. The number of hydrogen-bond donors (Lipinski definition) is 1. The minimum absolute atomic E-state index is 0.0807. The van der Waals surface area contributed by atoms with E-state index in [1.54, 1.807) is 25.2 Å². The molecule has 0 aliphatic carbocycles. The highest BCUT2D eigenvalue weighted by atomic mass is 35.5. The van der Waals surface area contributed by atoms with Gasteiger partial charge in [-0.25, -0.2) is 0 Å². The van der Waals surface area contributed by atoms with Crippen LogP contribution in [0.3, 0.4) is 0 Å². The number of carbonyl (C=O) groups is 4. The summed E-state index contributed by atoms with van der Waals surface area (Å²) in [5.74, 6) is -3.53. The third-order valence-electron chi connectivity index (χ3n) is 4.86. The maximum atomic E-state index is 12.7. The van der Waals surface area contributed by atoms with Crippen molar-refractivity contribution in [3.8, 4) is 0 Å². The third kappa shape index (κ3) is 6.44. The first-order chi connectivity index (χ1) is 13.7. The predicted octanol–water partition coefficient (Wildman–Crippen LogP) is 3.01. The number of rotatable bonds is 10. The molecule has 1 unspecified atom stereocenters. The van der Waals surface area contributed by atoms with E-state index in [0.717, 1.165) is 18.4 Å². The van der Waals surface area contributed by atoms with Crippen LogP contribution in [0.1, 0.15) is 37.7 Å². The van der Waals surface area contributed by atoms with Crippen LogP contribution in [0.4, 0.5) is 0 Å². The Bertz CT molecular complexity index is 799. The van der Waals surface area contributed by atoms with E-state index in [-0.39, 0.29) is 19.5 Å². The summed E-state index contributed by atoms with van der Waals surface area (Å²) in [5, 5.41) is 9.41. The number of aliphatic carboxylic acids is 1. The number of carboxylic acid groups (broad SMARTS) is 1. The zero-order chi connectivity index (χ0) is 21.6. The van der Waals surface area contributed by atoms with E-state index in [1.165, 1.54) is 9.80 Å². The summed E-state index contributed by atoms with van der Waals surface area (Å²) in [6.45, 7) is 0.715. The number of hydrogen-bond acceptors (Lipinski definition) is 4. The quantitative estimate of drug-likeness (QED) is 0.341. The van der Waals surface area contributed by atoms with Gasteiger partial charge in [-0.1, -0.05) is 42.1 Å². The van der Waals surface area contributed by atoms with Crippen molar-refractivity contribution in [2.45, 2.75) is 38.6 Å². The number of ketones is 1. The number of Topliss-reactive ketones (excluding diaryl/α,β-unsaturated/α-hetero) is 1. The Hall–Kier alpha value is -2.12. The number of unbranched alkanes of at least 4 members (excludes halogenated alkanes) is 3. The maximum Gasteiger partial charge on any atom is 0.303 e. The van der Waals surface area contributed by atoms with Gasteiger partial charge in [0.25, 0.3) is 5.91 Å². The van der Waals surface area contributed by atoms with Gasteiger partial charge < -0.3 is 14.9 Å². The van der Waals surface area contributed by atoms with Crippen LogP contribution >= 0.6 is 23.2 Å². The molecule has 2 amide bonds. The molecule has 1 saturated heterocycles. The minimum atomic E-state index is -0.998. The van der Waals surface area contributed by atoms with Crippen molar-refractivity contribution in [3.63, 3.8) is 0 Å². The zero-order valence-corrected chi connectivity index (χ0v) is 17.7. The number of carbonyl (C=O) groups excluding carboxylic acids is 3. The van der Waals surface area contributed by atoms with Crippen molar-refractivity contribution in [3.05, 3.63) is 33.8 Å². The molecule has 1 heterocycles. The van der Waals surface area contributed by atoms with E-state index in [9.17, 15) is 19.2 Å². The van der Waals surface area contributed by atoms with Crippen molar-refractivity contribution in [2.24, 2.45) is 5.92 Å². The molecule has 1 aliphatic heterocycles. The lowest BCUT2D eigenvalue weighted by Gasteiger charge is -2.21. The average molecular weight is 443 g/mol. The number of nitrogens with zero attached hydrogens (tertiary/aromatic N) is 2. The van der Waals surface area contributed by atoms with Crippen molar-refractivity contribution >= 4 is 46.8 Å². The Labute approximate surface area is 179 Å². The molecule has 1 N–H and O–H groups in total. The van der Waals surface area contributed by atoms with Crippen LogP contribution in [0.15, 0.2) is 18.2 Å². The second-order valence-electron chi connectivity index (χ2n) is 7.17. The van der Waals surface area contributed by atoms with Gasteiger partial charge in [0, 0.05) is 33.1 Å². The van der Waals surface area contributed by atoms with Crippen LogP contribution in [-0.2, 0) is 25.7 Å². The number of likely N-dealkylation sites (tertiary alicyclic amines) is 1. The van der Waals surface area contributed by atoms with Crippen molar-refractivity contribution < 1.29 is 24.3 Å². The molecular weight excluding hydrogens is 419 g/mol. The van der Waals surface area contributed by atoms with Crippen LogP contribution < -0.4 is 0 Å². The minimum Gasteiger partial charge on any atom is -0.481 e. The number of benzene rings is 1. The van der Waals surface area contributed by atoms with Gasteiger partial charge in [0.05, 0.1) is 10.0 Å². The van der Waals surface area contributed by atoms with Crippen LogP contribution in [0.2, 0.25) is 10.0 Å². The second kappa shape index (κ2) is 10.6. The largest absolute Gasteiger partial charge is 0.481 e. The lowest BCUT2D eigenvalue weighted by atomic mass is 10.1. The monoisotopic (exact) mass is 442 g/mol. The highest BCUT2D eigenvalue weighted by Gasteiger charge is 2.43. The second-order valence-corrected chi connectivity index (χ2v) is 7.98. The van der Waals surface area contributed by atoms with Gasteiger partial charge in [-0.2, -0.15) is 0 Å². The fraction of sp³-hybridized carbons (Fsp3) is 0.500. The zero-order valence-electron chi connectivity index (χ0n) is 16.2. The van der Waals surface area contributed by atoms with Gasteiger partial charge in [-0.3, -0.25) is 19.2 Å². The summed E-state index contributed by atoms with van der Waals surface area (Å²) in [5.41, 5.74) is 0.769. The summed E-state index contributed by atoms with van der Waals surface area (Å²) >= 11 is 11.9. The fourth-order valence-electron chi connectivity index (χ4n) is 3.26. The molecule has 0 saturated carbocycles. The highest BCUT2D eigenvalue weighted by molar-refractivity contribution is 6.42. The molecule has 0 radical (unpaired) electrons. The summed E-state index contributed by atoms with van der Waals surface area (Å²) in [6.07, 6.45) is 2.89. The SMILES string of the molecule is CN(Cc1ccc(Cl)c(Cl)c1)C(=O)C1CN(CCCCCCC(=O)O)C(=O)C1=O. The molecule has 0 bridgehead atoms. The van der Waals surface area contributed by atoms with Gasteiger partial charge in [0.2, 0.25) is 11.7 Å². The van der Waals surface area contributed by atoms with Gasteiger partial charge in [0.1, 0.15) is 5.92 Å². The first-order valence-electron chi connectivity index (χ1n) is 9.44. The van der Waals surface area contributed by atoms with E-state index in [4.69, 9.17) is 28.3 Å². The first-order valence-corrected chi connectivity index (χ1v) is 10.2. The topological polar surface area (TPSA) is 95.0 Å². The number of carboxylic acids is 1. The smallest absolute Gasteiger partial charge is 0.303 e. The number of halogens is 2. The molecule has 1 aromatic rings. The molecule has 0 aromatic heterocycles. The van der Waals surface area contributed by atoms with Crippen molar-refractivity contribution in [2.75, 3.05) is 20.1 Å². The molecule has 1 aromatic carbocycles. The third-order valence-corrected chi connectivity index (χ3v) is 5.60. The van der Waals surface area contributed by atoms with Gasteiger partial charge >= 0.3 is 5.97 Å². The average Bonchev–Trinajstić information content (AvgIpc) is 2.95. The standard InChI is InChI=1S/C20H24Cl2N2O5/c1-23(11-13-7-8-15(21)16(22)10-13)19(28)14-12-24(20(29)18(14)27)9-5-3-2-4-6-17(25)26/h7-8,10,14H,2-6,9,11-12H2,1H3,(H,25,26). The Kier molecular flexibility index (Phi) is 8.46. The van der Waals surface area contributed by atoms with Crippen LogP contribution in [0, 0.1) is 5.92 Å². The molecule has 9 heteroatoms. The lowest BCUT2D eigenvalue weighted by molar-refractivity contribution is -0.144. The van der Waals surface area contributed by atoms with Crippen molar-refractivity contribution in [1.82, 2.24) is 9.80 Å². The first kappa shape index (κ1) is 23.2. The molecule has 7 nitrogen and oxygen atoms in total. The Morgan fingerprint density at radius 2 is 1.83 bits per heavy atom. The van der Waals surface area contributed by atoms with Crippen LogP contribution in [-0.4, -0.2) is 58.6 Å². The van der Waals surface area contributed by atoms with Crippen LogP contribution in [0.25, 0.3) is 0 Å². The Balaban J connectivity index is 1.85. The maximum absolute atomic E-state index is 12.7. The molecule has 1 aliphatic rings. The molecule has 1 fully saturated rings.